The predicted molar refractivity (Wildman–Crippen MR) is 95.2 cm³/mol. The second kappa shape index (κ2) is 8.02. The fourth-order valence-corrected chi connectivity index (χ4v) is 2.29. The molecule has 3 aromatic rings. The number of benzene rings is 3. The van der Waals surface area contributed by atoms with Gasteiger partial charge in [-0.3, -0.25) is 0 Å². The van der Waals surface area contributed by atoms with E-state index in [-0.39, 0.29) is 5.97 Å². The van der Waals surface area contributed by atoms with Gasteiger partial charge in [0.25, 0.3) is 0 Å². The van der Waals surface area contributed by atoms with E-state index in [0.717, 1.165) is 5.56 Å². The number of carbonyl (C=O) groups is 1. The van der Waals surface area contributed by atoms with Crippen molar-refractivity contribution in [1.29, 1.82) is 0 Å². The highest BCUT2D eigenvalue weighted by Gasteiger charge is 2.09. The van der Waals surface area contributed by atoms with Crippen molar-refractivity contribution in [1.82, 2.24) is 0 Å². The normalized spacial score (nSPS) is 10.1. The highest BCUT2D eigenvalue weighted by atomic mass is 16.5. The van der Waals surface area contributed by atoms with E-state index < -0.39 is 0 Å². The van der Waals surface area contributed by atoms with Crippen LogP contribution < -0.4 is 14.2 Å². The van der Waals surface area contributed by atoms with Gasteiger partial charge in [-0.15, -0.1) is 0 Å². The van der Waals surface area contributed by atoms with Crippen molar-refractivity contribution in [2.24, 2.45) is 0 Å². The van der Waals surface area contributed by atoms with Gasteiger partial charge in [-0.25, -0.2) is 4.79 Å². The molecule has 0 aliphatic rings. The maximum Gasteiger partial charge on any atom is 0.343 e. The number of methoxy groups -OCH3 is 1. The van der Waals surface area contributed by atoms with Crippen molar-refractivity contribution in [3.8, 4) is 17.2 Å². The van der Waals surface area contributed by atoms with Gasteiger partial charge >= 0.3 is 5.97 Å². The summed E-state index contributed by atoms with van der Waals surface area (Å²) in [4.78, 5) is 12.1. The van der Waals surface area contributed by atoms with E-state index in [4.69, 9.17) is 14.2 Å². The van der Waals surface area contributed by atoms with Crippen LogP contribution in [0, 0.1) is 0 Å². The first kappa shape index (κ1) is 16.6. The lowest BCUT2D eigenvalue weighted by atomic mass is 10.1. The van der Waals surface area contributed by atoms with Crippen molar-refractivity contribution in [3.63, 3.8) is 0 Å². The number of ether oxygens (including phenoxy) is 3. The SMILES string of the molecule is COc1ccccc1OCc1ccc(C(=O)Oc2ccccc2)cc1. The summed E-state index contributed by atoms with van der Waals surface area (Å²) in [6.45, 7) is 0.383. The van der Waals surface area contributed by atoms with Gasteiger partial charge in [-0.05, 0) is 42.0 Å². The molecule has 0 unspecified atom stereocenters. The Labute approximate surface area is 146 Å². The van der Waals surface area contributed by atoms with E-state index >= 15 is 0 Å². The van der Waals surface area contributed by atoms with Gasteiger partial charge in [0, 0.05) is 0 Å². The first-order valence-corrected chi connectivity index (χ1v) is 7.88. The number of carbonyl (C=O) groups excluding carboxylic acids is 1. The monoisotopic (exact) mass is 334 g/mol. The fourth-order valence-electron chi connectivity index (χ4n) is 2.29. The predicted octanol–water partition coefficient (Wildman–Crippen LogP) is 4.49. The third-order valence-electron chi connectivity index (χ3n) is 3.61. The smallest absolute Gasteiger partial charge is 0.343 e. The molecule has 0 spiro atoms. The first-order valence-electron chi connectivity index (χ1n) is 7.88. The van der Waals surface area contributed by atoms with Gasteiger partial charge in [0.05, 0.1) is 12.7 Å². The molecular weight excluding hydrogens is 316 g/mol. The Morgan fingerprint density at radius 2 is 1.44 bits per heavy atom. The summed E-state index contributed by atoms with van der Waals surface area (Å²) in [6, 6.07) is 23.6. The van der Waals surface area contributed by atoms with Gasteiger partial charge in [0.1, 0.15) is 12.4 Å². The topological polar surface area (TPSA) is 44.8 Å². The molecule has 4 heteroatoms. The Kier molecular flexibility index (Phi) is 5.32. The highest BCUT2D eigenvalue weighted by molar-refractivity contribution is 5.91. The minimum absolute atomic E-state index is 0.383. The molecular formula is C21H18O4. The zero-order valence-corrected chi connectivity index (χ0v) is 13.8. The molecule has 0 atom stereocenters. The Morgan fingerprint density at radius 3 is 2.12 bits per heavy atom. The van der Waals surface area contributed by atoms with Crippen LogP contribution in [0.5, 0.6) is 17.2 Å². The summed E-state index contributed by atoms with van der Waals surface area (Å²) in [5.41, 5.74) is 1.44. The van der Waals surface area contributed by atoms with Crippen LogP contribution in [0.15, 0.2) is 78.9 Å². The lowest BCUT2D eigenvalue weighted by molar-refractivity contribution is 0.0734. The number of hydrogen-bond acceptors (Lipinski definition) is 4. The quantitative estimate of drug-likeness (QED) is 0.492. The average Bonchev–Trinajstić information content (AvgIpc) is 2.67. The standard InChI is InChI=1S/C21H18O4/c1-23-19-9-5-6-10-20(19)24-15-16-11-13-17(14-12-16)21(22)25-18-7-3-2-4-8-18/h2-14H,15H2,1H3. The summed E-state index contributed by atoms with van der Waals surface area (Å²) in [7, 11) is 1.61. The molecule has 0 aliphatic carbocycles. The van der Waals surface area contributed by atoms with Crippen LogP contribution in [0.25, 0.3) is 0 Å². The van der Waals surface area contributed by atoms with Crippen LogP contribution in [0.2, 0.25) is 0 Å². The van der Waals surface area contributed by atoms with Crippen molar-refractivity contribution in [2.75, 3.05) is 7.11 Å². The molecule has 126 valence electrons. The second-order valence-electron chi connectivity index (χ2n) is 5.34. The Balaban J connectivity index is 1.61. The molecule has 0 aliphatic heterocycles. The third-order valence-corrected chi connectivity index (χ3v) is 3.61. The molecule has 4 nitrogen and oxygen atoms in total. The van der Waals surface area contributed by atoms with Crippen LogP contribution >= 0.6 is 0 Å². The molecule has 3 rings (SSSR count). The van der Waals surface area contributed by atoms with Crippen LogP contribution in [-0.4, -0.2) is 13.1 Å². The molecule has 0 bridgehead atoms. The van der Waals surface area contributed by atoms with Gasteiger partial charge < -0.3 is 14.2 Å². The zero-order chi connectivity index (χ0) is 17.5. The molecule has 0 heterocycles. The van der Waals surface area contributed by atoms with Gasteiger partial charge in [-0.1, -0.05) is 42.5 Å². The average molecular weight is 334 g/mol. The molecule has 0 radical (unpaired) electrons. The van der Waals surface area contributed by atoms with Crippen LogP contribution in [0.3, 0.4) is 0 Å². The largest absolute Gasteiger partial charge is 0.493 e. The van der Waals surface area contributed by atoms with E-state index in [0.29, 0.717) is 29.4 Å². The second-order valence-corrected chi connectivity index (χ2v) is 5.34. The minimum Gasteiger partial charge on any atom is -0.493 e. The summed E-state index contributed by atoms with van der Waals surface area (Å²) in [5, 5.41) is 0. The summed E-state index contributed by atoms with van der Waals surface area (Å²) in [6.07, 6.45) is 0. The molecule has 25 heavy (non-hydrogen) atoms. The zero-order valence-electron chi connectivity index (χ0n) is 13.8. The maximum atomic E-state index is 12.1. The Bertz CT molecular complexity index is 826. The van der Waals surface area contributed by atoms with E-state index in [9.17, 15) is 4.79 Å². The fraction of sp³-hybridized carbons (Fsp3) is 0.0952. The number of para-hydroxylation sites is 3. The van der Waals surface area contributed by atoms with E-state index in [2.05, 4.69) is 0 Å². The van der Waals surface area contributed by atoms with Gasteiger partial charge in [-0.2, -0.15) is 0 Å². The molecule has 0 N–H and O–H groups in total. The van der Waals surface area contributed by atoms with Crippen LogP contribution in [0.4, 0.5) is 0 Å². The van der Waals surface area contributed by atoms with Crippen molar-refractivity contribution in [3.05, 3.63) is 90.0 Å². The van der Waals surface area contributed by atoms with Crippen LogP contribution in [-0.2, 0) is 6.61 Å². The first-order chi connectivity index (χ1) is 12.3. The van der Waals surface area contributed by atoms with Gasteiger partial charge in [0.2, 0.25) is 0 Å². The van der Waals surface area contributed by atoms with Crippen molar-refractivity contribution >= 4 is 5.97 Å². The summed E-state index contributed by atoms with van der Waals surface area (Å²) < 4.78 is 16.3. The third kappa shape index (κ3) is 4.38. The van der Waals surface area contributed by atoms with E-state index in [1.807, 2.05) is 54.6 Å². The molecule has 0 amide bonds. The maximum absolute atomic E-state index is 12.1. The molecule has 0 saturated carbocycles. The number of rotatable bonds is 6. The van der Waals surface area contributed by atoms with E-state index in [1.165, 1.54) is 0 Å². The van der Waals surface area contributed by atoms with E-state index in [1.54, 1.807) is 31.4 Å². The summed E-state index contributed by atoms with van der Waals surface area (Å²) >= 11 is 0. The Hall–Kier alpha value is -3.27. The van der Waals surface area contributed by atoms with Gasteiger partial charge in [0.15, 0.2) is 11.5 Å². The summed E-state index contributed by atoms with van der Waals surface area (Å²) in [5.74, 6) is 1.50. The lowest BCUT2D eigenvalue weighted by Crippen LogP contribution is -2.08. The number of esters is 1. The molecule has 0 aromatic heterocycles. The Morgan fingerprint density at radius 1 is 0.800 bits per heavy atom. The van der Waals surface area contributed by atoms with Crippen molar-refractivity contribution < 1.29 is 19.0 Å². The lowest BCUT2D eigenvalue weighted by Gasteiger charge is -2.10. The minimum atomic E-state index is -0.386. The van der Waals surface area contributed by atoms with Crippen LogP contribution in [0.1, 0.15) is 15.9 Å². The number of hydrogen-bond donors (Lipinski definition) is 0. The molecule has 3 aromatic carbocycles. The molecule has 0 fully saturated rings. The molecule has 0 saturated heterocycles. The highest BCUT2D eigenvalue weighted by Crippen LogP contribution is 2.26. The van der Waals surface area contributed by atoms with Crippen molar-refractivity contribution in [2.45, 2.75) is 6.61 Å².